The molecular formula is C26H35N3O3. The molecule has 0 bridgehead atoms. The molecule has 2 aromatic carbocycles. The van der Waals surface area contributed by atoms with Crippen LogP contribution in [0.2, 0.25) is 0 Å². The Morgan fingerprint density at radius 3 is 2.19 bits per heavy atom. The molecule has 1 fully saturated rings. The molecule has 1 aliphatic heterocycles. The number of carbonyl (C=O) groups is 2. The maximum absolute atomic E-state index is 13.5. The number of carbonyl (C=O) groups excluding carboxylic acids is 2. The van der Waals surface area contributed by atoms with Crippen molar-refractivity contribution in [3.05, 3.63) is 65.7 Å². The van der Waals surface area contributed by atoms with Gasteiger partial charge in [0.1, 0.15) is 0 Å². The molecule has 1 saturated heterocycles. The summed E-state index contributed by atoms with van der Waals surface area (Å²) in [6.45, 7) is 9.40. The third-order valence-corrected chi connectivity index (χ3v) is 6.15. The lowest BCUT2D eigenvalue weighted by Crippen LogP contribution is -2.60. The number of piperazine rings is 1. The number of ether oxygens (including phenoxy) is 1. The average Bonchev–Trinajstić information content (AvgIpc) is 2.82. The van der Waals surface area contributed by atoms with E-state index in [0.717, 1.165) is 37.2 Å². The quantitative estimate of drug-likeness (QED) is 0.584. The normalized spacial score (nSPS) is 18.9. The topological polar surface area (TPSA) is 53.1 Å². The number of urea groups is 1. The first-order valence-corrected chi connectivity index (χ1v) is 11.5. The summed E-state index contributed by atoms with van der Waals surface area (Å²) in [7, 11) is 1.39. The van der Waals surface area contributed by atoms with E-state index in [1.54, 1.807) is 0 Å². The highest BCUT2D eigenvalue weighted by Gasteiger charge is 2.34. The number of benzene rings is 2. The van der Waals surface area contributed by atoms with Crippen molar-refractivity contribution in [1.29, 1.82) is 0 Å². The van der Waals surface area contributed by atoms with E-state index in [1.165, 1.54) is 7.11 Å². The highest BCUT2D eigenvalue weighted by Crippen LogP contribution is 2.23. The molecule has 2 atom stereocenters. The second-order valence-corrected chi connectivity index (χ2v) is 8.59. The Morgan fingerprint density at radius 1 is 1.00 bits per heavy atom. The molecule has 0 N–H and O–H groups in total. The Kier molecular flexibility index (Phi) is 8.28. The number of para-hydroxylation sites is 1. The first kappa shape index (κ1) is 23.8. The van der Waals surface area contributed by atoms with E-state index in [1.807, 2.05) is 64.4 Å². The highest BCUT2D eigenvalue weighted by molar-refractivity contribution is 5.92. The lowest BCUT2D eigenvalue weighted by molar-refractivity contribution is 0.0509. The van der Waals surface area contributed by atoms with Gasteiger partial charge in [-0.3, -0.25) is 9.80 Å². The number of hydrogen-bond acceptors (Lipinski definition) is 4. The second-order valence-electron chi connectivity index (χ2n) is 8.59. The lowest BCUT2D eigenvalue weighted by atomic mass is 10.1. The summed E-state index contributed by atoms with van der Waals surface area (Å²) in [6.07, 6.45) is 2.03. The monoisotopic (exact) mass is 437 g/mol. The number of methoxy groups -OCH3 is 1. The van der Waals surface area contributed by atoms with Crippen LogP contribution in [-0.4, -0.2) is 60.6 Å². The van der Waals surface area contributed by atoms with Crippen molar-refractivity contribution in [3.8, 4) is 0 Å². The molecule has 2 amide bonds. The fourth-order valence-corrected chi connectivity index (χ4v) is 4.33. The molecule has 0 radical (unpaired) electrons. The Hall–Kier alpha value is -2.86. The molecule has 1 aliphatic rings. The van der Waals surface area contributed by atoms with Crippen LogP contribution in [0, 0.1) is 0 Å². The van der Waals surface area contributed by atoms with E-state index in [-0.39, 0.29) is 24.1 Å². The summed E-state index contributed by atoms with van der Waals surface area (Å²) in [5.41, 5.74) is 2.66. The van der Waals surface area contributed by atoms with Crippen LogP contribution in [0.1, 0.15) is 49.5 Å². The molecule has 3 rings (SSSR count). The number of esters is 1. The van der Waals surface area contributed by atoms with Crippen LogP contribution in [0.15, 0.2) is 54.6 Å². The summed E-state index contributed by atoms with van der Waals surface area (Å²) < 4.78 is 4.78. The SMILES string of the molecule is CCCCN(C(=O)N1C[C@@H](C)N(Cc2ccc(C(=O)OC)cc2)[C@@H](C)C1)c1ccccc1. The molecule has 32 heavy (non-hydrogen) atoms. The number of amides is 2. The summed E-state index contributed by atoms with van der Waals surface area (Å²) in [5, 5.41) is 0. The molecule has 6 heteroatoms. The molecule has 0 aromatic heterocycles. The van der Waals surface area contributed by atoms with Gasteiger partial charge in [-0.05, 0) is 50.1 Å². The maximum Gasteiger partial charge on any atom is 0.337 e. The first-order chi connectivity index (χ1) is 15.4. The van der Waals surface area contributed by atoms with Gasteiger partial charge in [-0.1, -0.05) is 43.7 Å². The van der Waals surface area contributed by atoms with Gasteiger partial charge in [-0.2, -0.15) is 0 Å². The van der Waals surface area contributed by atoms with Crippen molar-refractivity contribution in [2.75, 3.05) is 31.6 Å². The fourth-order valence-electron chi connectivity index (χ4n) is 4.33. The zero-order valence-electron chi connectivity index (χ0n) is 19.7. The van der Waals surface area contributed by atoms with Gasteiger partial charge in [0.05, 0.1) is 12.7 Å². The van der Waals surface area contributed by atoms with Gasteiger partial charge >= 0.3 is 12.0 Å². The number of anilines is 1. The summed E-state index contributed by atoms with van der Waals surface area (Å²) >= 11 is 0. The highest BCUT2D eigenvalue weighted by atomic mass is 16.5. The van der Waals surface area contributed by atoms with Crippen LogP contribution < -0.4 is 4.90 Å². The Labute approximate surface area is 191 Å². The van der Waals surface area contributed by atoms with Gasteiger partial charge in [-0.15, -0.1) is 0 Å². The minimum Gasteiger partial charge on any atom is -0.465 e. The lowest BCUT2D eigenvalue weighted by Gasteiger charge is -2.45. The molecule has 6 nitrogen and oxygen atoms in total. The van der Waals surface area contributed by atoms with E-state index in [0.29, 0.717) is 18.7 Å². The van der Waals surface area contributed by atoms with Crippen LogP contribution >= 0.6 is 0 Å². The Morgan fingerprint density at radius 2 is 1.62 bits per heavy atom. The average molecular weight is 438 g/mol. The van der Waals surface area contributed by atoms with E-state index in [2.05, 4.69) is 25.7 Å². The zero-order chi connectivity index (χ0) is 23.1. The largest absolute Gasteiger partial charge is 0.465 e. The fraction of sp³-hybridized carbons (Fsp3) is 0.462. The summed E-state index contributed by atoms with van der Waals surface area (Å²) in [4.78, 5) is 31.5. The van der Waals surface area contributed by atoms with Gasteiger partial charge in [0.25, 0.3) is 0 Å². The van der Waals surface area contributed by atoms with Crippen LogP contribution in [-0.2, 0) is 11.3 Å². The zero-order valence-corrected chi connectivity index (χ0v) is 19.7. The van der Waals surface area contributed by atoms with E-state index < -0.39 is 0 Å². The second kappa shape index (κ2) is 11.1. The molecule has 1 heterocycles. The summed E-state index contributed by atoms with van der Waals surface area (Å²) in [6, 6.07) is 18.1. The number of unbranched alkanes of at least 4 members (excludes halogenated alkanes) is 1. The van der Waals surface area contributed by atoms with Crippen LogP contribution in [0.3, 0.4) is 0 Å². The molecular weight excluding hydrogens is 402 g/mol. The molecule has 0 saturated carbocycles. The number of rotatable bonds is 7. The van der Waals surface area contributed by atoms with Gasteiger partial charge in [-0.25, -0.2) is 9.59 Å². The van der Waals surface area contributed by atoms with Crippen molar-refractivity contribution < 1.29 is 14.3 Å². The van der Waals surface area contributed by atoms with E-state index in [9.17, 15) is 9.59 Å². The van der Waals surface area contributed by atoms with Crippen molar-refractivity contribution in [2.45, 2.75) is 52.2 Å². The minimum atomic E-state index is -0.323. The van der Waals surface area contributed by atoms with Gasteiger partial charge in [0.15, 0.2) is 0 Å². The van der Waals surface area contributed by atoms with Crippen LogP contribution in [0.5, 0.6) is 0 Å². The third-order valence-electron chi connectivity index (χ3n) is 6.15. The van der Waals surface area contributed by atoms with Crippen molar-refractivity contribution >= 4 is 17.7 Å². The number of nitrogens with zero attached hydrogens (tertiary/aromatic N) is 3. The number of hydrogen-bond donors (Lipinski definition) is 0. The van der Waals surface area contributed by atoms with Gasteiger partial charge in [0, 0.05) is 44.0 Å². The maximum atomic E-state index is 13.5. The van der Waals surface area contributed by atoms with Crippen LogP contribution in [0.4, 0.5) is 10.5 Å². The predicted molar refractivity (Wildman–Crippen MR) is 128 cm³/mol. The van der Waals surface area contributed by atoms with Crippen molar-refractivity contribution in [2.24, 2.45) is 0 Å². The first-order valence-electron chi connectivity index (χ1n) is 11.5. The Balaban J connectivity index is 1.67. The molecule has 172 valence electrons. The van der Waals surface area contributed by atoms with Crippen LogP contribution in [0.25, 0.3) is 0 Å². The third kappa shape index (κ3) is 5.68. The molecule has 0 aliphatic carbocycles. The Bertz CT molecular complexity index is 873. The minimum absolute atomic E-state index is 0.0884. The molecule has 0 spiro atoms. The molecule has 0 unspecified atom stereocenters. The van der Waals surface area contributed by atoms with E-state index in [4.69, 9.17) is 4.74 Å². The van der Waals surface area contributed by atoms with Crippen molar-refractivity contribution in [1.82, 2.24) is 9.80 Å². The predicted octanol–water partition coefficient (Wildman–Crippen LogP) is 4.79. The van der Waals surface area contributed by atoms with Gasteiger partial charge in [0.2, 0.25) is 0 Å². The van der Waals surface area contributed by atoms with Gasteiger partial charge < -0.3 is 9.64 Å². The molecule has 2 aromatic rings. The smallest absolute Gasteiger partial charge is 0.337 e. The summed E-state index contributed by atoms with van der Waals surface area (Å²) in [5.74, 6) is -0.323. The van der Waals surface area contributed by atoms with Crippen molar-refractivity contribution in [3.63, 3.8) is 0 Å². The van der Waals surface area contributed by atoms with E-state index >= 15 is 0 Å². The standard InChI is InChI=1S/C26H35N3O3/c1-5-6-16-28(24-10-8-7-9-11-24)26(31)27-17-20(2)29(21(3)18-27)19-22-12-14-23(15-13-22)25(30)32-4/h7-15,20-21H,5-6,16-19H2,1-4H3/t20-,21+.